The summed E-state index contributed by atoms with van der Waals surface area (Å²) in [6.07, 6.45) is 0. The highest BCUT2D eigenvalue weighted by molar-refractivity contribution is 6.06. The largest absolute Gasteiger partial charge is 0.451 e. The highest BCUT2D eigenvalue weighted by Gasteiger charge is 2.18. The van der Waals surface area contributed by atoms with Crippen molar-refractivity contribution in [2.45, 2.75) is 20.8 Å². The second-order valence-corrected chi connectivity index (χ2v) is 5.87. The summed E-state index contributed by atoms with van der Waals surface area (Å²) in [7, 11) is 0. The number of carbonyl (C=O) groups excluding carboxylic acids is 1. The van der Waals surface area contributed by atoms with Gasteiger partial charge in [0.05, 0.1) is 0 Å². The summed E-state index contributed by atoms with van der Waals surface area (Å²) in [6, 6.07) is 11.9. The maximum atomic E-state index is 13.4. The summed E-state index contributed by atoms with van der Waals surface area (Å²) >= 11 is 0. The number of fused-ring (bicyclic) bond motifs is 1. The van der Waals surface area contributed by atoms with E-state index >= 15 is 0 Å². The fraction of sp³-hybridized carbons (Fsp3) is 0.250. The van der Waals surface area contributed by atoms with E-state index in [1.807, 2.05) is 24.3 Å². The molecule has 5 heteroatoms. The molecule has 0 bridgehead atoms. The lowest BCUT2D eigenvalue weighted by Gasteiger charge is -2.21. The molecule has 0 aliphatic carbocycles. The molecule has 1 amide bonds. The number of hydrogen-bond donors (Lipinski definition) is 1. The first-order chi connectivity index (χ1) is 12.0. The van der Waals surface area contributed by atoms with E-state index in [4.69, 9.17) is 4.42 Å². The van der Waals surface area contributed by atoms with E-state index in [1.54, 1.807) is 6.92 Å². The van der Waals surface area contributed by atoms with Crippen LogP contribution in [0, 0.1) is 12.7 Å². The van der Waals surface area contributed by atoms with E-state index in [0.717, 1.165) is 18.8 Å². The molecule has 0 radical (unpaired) electrons. The number of amides is 1. The van der Waals surface area contributed by atoms with E-state index in [0.29, 0.717) is 22.2 Å². The van der Waals surface area contributed by atoms with Crippen LogP contribution in [0.1, 0.15) is 30.0 Å². The summed E-state index contributed by atoms with van der Waals surface area (Å²) in [5.41, 5.74) is 2.93. The van der Waals surface area contributed by atoms with Gasteiger partial charge in [-0.2, -0.15) is 0 Å². The Kier molecular flexibility index (Phi) is 4.74. The van der Waals surface area contributed by atoms with Gasteiger partial charge >= 0.3 is 0 Å². The molecule has 1 aromatic heterocycles. The van der Waals surface area contributed by atoms with Crippen LogP contribution in [0.2, 0.25) is 0 Å². The molecule has 130 valence electrons. The normalized spacial score (nSPS) is 10.9. The lowest BCUT2D eigenvalue weighted by molar-refractivity contribution is 0.0998. The van der Waals surface area contributed by atoms with Crippen LogP contribution in [0.3, 0.4) is 0 Å². The second-order valence-electron chi connectivity index (χ2n) is 5.87. The van der Waals surface area contributed by atoms with Gasteiger partial charge in [-0.3, -0.25) is 4.79 Å². The fourth-order valence-electron chi connectivity index (χ4n) is 2.94. The van der Waals surface area contributed by atoms with Crippen molar-refractivity contribution in [2.75, 3.05) is 23.3 Å². The van der Waals surface area contributed by atoms with Gasteiger partial charge in [-0.1, -0.05) is 0 Å². The number of anilines is 2. The molecule has 0 aliphatic heterocycles. The van der Waals surface area contributed by atoms with Crippen LogP contribution in [-0.2, 0) is 0 Å². The maximum Gasteiger partial charge on any atom is 0.291 e. The molecular formula is C20H21FN2O2. The number of benzene rings is 2. The number of aryl methyl sites for hydroxylation is 1. The Balaban J connectivity index is 1.81. The number of nitrogens with one attached hydrogen (secondary N) is 1. The molecule has 0 aliphatic rings. The Bertz CT molecular complexity index is 896. The Labute approximate surface area is 146 Å². The third kappa shape index (κ3) is 3.36. The summed E-state index contributed by atoms with van der Waals surface area (Å²) in [5.74, 6) is -0.492. The zero-order valence-corrected chi connectivity index (χ0v) is 14.6. The van der Waals surface area contributed by atoms with Crippen molar-refractivity contribution in [2.24, 2.45) is 0 Å². The Morgan fingerprint density at radius 1 is 1.12 bits per heavy atom. The van der Waals surface area contributed by atoms with Crippen molar-refractivity contribution in [1.82, 2.24) is 0 Å². The van der Waals surface area contributed by atoms with E-state index in [9.17, 15) is 9.18 Å². The molecule has 0 fully saturated rings. The lowest BCUT2D eigenvalue weighted by atomic mass is 10.1. The number of furan rings is 1. The first-order valence-electron chi connectivity index (χ1n) is 8.38. The van der Waals surface area contributed by atoms with Crippen molar-refractivity contribution in [3.63, 3.8) is 0 Å². The molecule has 3 rings (SSSR count). The highest BCUT2D eigenvalue weighted by Crippen LogP contribution is 2.27. The van der Waals surface area contributed by atoms with Gasteiger partial charge in [-0.25, -0.2) is 4.39 Å². The SMILES string of the molecule is CCN(CC)c1ccc(NC(=O)c2oc3ccc(F)cc3c2C)cc1. The molecule has 4 nitrogen and oxygen atoms in total. The third-order valence-electron chi connectivity index (χ3n) is 4.36. The average Bonchev–Trinajstić information content (AvgIpc) is 2.94. The molecule has 1 N–H and O–H groups in total. The van der Waals surface area contributed by atoms with E-state index in [-0.39, 0.29) is 17.5 Å². The predicted molar refractivity (Wildman–Crippen MR) is 98.9 cm³/mol. The summed E-state index contributed by atoms with van der Waals surface area (Å²) in [4.78, 5) is 14.7. The van der Waals surface area contributed by atoms with Crippen LogP contribution in [0.15, 0.2) is 46.9 Å². The van der Waals surface area contributed by atoms with Gasteiger partial charge in [0, 0.05) is 35.4 Å². The van der Waals surface area contributed by atoms with Crippen LogP contribution in [-0.4, -0.2) is 19.0 Å². The number of halogens is 1. The van der Waals surface area contributed by atoms with Gasteiger partial charge in [0.1, 0.15) is 11.4 Å². The van der Waals surface area contributed by atoms with Crippen LogP contribution in [0.4, 0.5) is 15.8 Å². The quantitative estimate of drug-likeness (QED) is 0.712. The average molecular weight is 340 g/mol. The summed E-state index contributed by atoms with van der Waals surface area (Å²) in [5, 5.41) is 3.44. The van der Waals surface area contributed by atoms with Gasteiger partial charge in [0.25, 0.3) is 5.91 Å². The molecule has 1 heterocycles. The van der Waals surface area contributed by atoms with Crippen LogP contribution >= 0.6 is 0 Å². The minimum atomic E-state index is -0.352. The van der Waals surface area contributed by atoms with Crippen molar-refractivity contribution in [3.05, 3.63) is 59.6 Å². The Morgan fingerprint density at radius 3 is 2.44 bits per heavy atom. The topological polar surface area (TPSA) is 45.5 Å². The predicted octanol–water partition coefficient (Wildman–Crippen LogP) is 4.98. The molecule has 0 spiro atoms. The minimum absolute atomic E-state index is 0.202. The number of carbonyl (C=O) groups is 1. The van der Waals surface area contributed by atoms with E-state index in [2.05, 4.69) is 24.1 Å². The molecular weight excluding hydrogens is 319 g/mol. The first-order valence-corrected chi connectivity index (χ1v) is 8.38. The van der Waals surface area contributed by atoms with Crippen molar-refractivity contribution in [1.29, 1.82) is 0 Å². The van der Waals surface area contributed by atoms with Crippen LogP contribution < -0.4 is 10.2 Å². The second kappa shape index (κ2) is 6.97. The molecule has 0 unspecified atom stereocenters. The summed E-state index contributed by atoms with van der Waals surface area (Å²) < 4.78 is 19.0. The minimum Gasteiger partial charge on any atom is -0.451 e. The molecule has 25 heavy (non-hydrogen) atoms. The molecule has 2 aromatic carbocycles. The van der Waals surface area contributed by atoms with E-state index in [1.165, 1.54) is 18.2 Å². The Hall–Kier alpha value is -2.82. The molecule has 0 saturated carbocycles. The fourth-order valence-corrected chi connectivity index (χ4v) is 2.94. The number of rotatable bonds is 5. The van der Waals surface area contributed by atoms with Gasteiger partial charge in [0.15, 0.2) is 5.76 Å². The monoisotopic (exact) mass is 340 g/mol. The molecule has 0 saturated heterocycles. The Morgan fingerprint density at radius 2 is 1.80 bits per heavy atom. The molecule has 0 atom stereocenters. The van der Waals surface area contributed by atoms with Gasteiger partial charge in [0.2, 0.25) is 0 Å². The zero-order valence-electron chi connectivity index (χ0n) is 14.6. The standard InChI is InChI=1S/C20H21FN2O2/c1-4-23(5-2)16-9-7-15(8-10-16)22-20(24)19-13(3)17-12-14(21)6-11-18(17)25-19/h6-12H,4-5H2,1-3H3,(H,22,24). The van der Waals surface area contributed by atoms with Crippen molar-refractivity contribution < 1.29 is 13.6 Å². The zero-order chi connectivity index (χ0) is 18.0. The van der Waals surface area contributed by atoms with Crippen LogP contribution in [0.25, 0.3) is 11.0 Å². The van der Waals surface area contributed by atoms with Gasteiger partial charge in [-0.05, 0) is 63.2 Å². The maximum absolute atomic E-state index is 13.4. The third-order valence-corrected chi connectivity index (χ3v) is 4.36. The molecule has 3 aromatic rings. The number of hydrogen-bond acceptors (Lipinski definition) is 3. The smallest absolute Gasteiger partial charge is 0.291 e. The van der Waals surface area contributed by atoms with Crippen molar-refractivity contribution >= 4 is 28.3 Å². The first kappa shape index (κ1) is 17.0. The van der Waals surface area contributed by atoms with Crippen molar-refractivity contribution in [3.8, 4) is 0 Å². The van der Waals surface area contributed by atoms with Gasteiger partial charge < -0.3 is 14.6 Å². The lowest BCUT2D eigenvalue weighted by Crippen LogP contribution is -2.21. The van der Waals surface area contributed by atoms with Gasteiger partial charge in [-0.15, -0.1) is 0 Å². The highest BCUT2D eigenvalue weighted by atomic mass is 19.1. The summed E-state index contributed by atoms with van der Waals surface area (Å²) in [6.45, 7) is 7.82. The number of nitrogens with zero attached hydrogens (tertiary/aromatic N) is 1. The van der Waals surface area contributed by atoms with E-state index < -0.39 is 0 Å². The van der Waals surface area contributed by atoms with Crippen LogP contribution in [0.5, 0.6) is 0 Å².